The monoisotopic (exact) mass is 239 g/mol. The number of hydrogen-bond acceptors (Lipinski definition) is 4. The zero-order chi connectivity index (χ0) is 12.5. The van der Waals surface area contributed by atoms with Crippen LogP contribution in [0.2, 0.25) is 0 Å². The largest absolute Gasteiger partial charge is 0.496 e. The Morgan fingerprint density at radius 1 is 1.24 bits per heavy atom. The molecule has 0 saturated heterocycles. The Morgan fingerprint density at radius 3 is 2.65 bits per heavy atom. The number of nitrogens with two attached hydrogens (primary N) is 1. The molecular weight excluding hydrogens is 218 g/mol. The maximum absolute atomic E-state index is 5.72. The maximum atomic E-state index is 5.72. The molecular formula is C13H21NO3. The minimum Gasteiger partial charge on any atom is -0.496 e. The molecule has 0 heterocycles. The topological polar surface area (TPSA) is 53.7 Å². The van der Waals surface area contributed by atoms with Gasteiger partial charge in [-0.1, -0.05) is 18.2 Å². The number of hydrogen-bond donors (Lipinski definition) is 1. The molecule has 1 atom stereocenters. The summed E-state index contributed by atoms with van der Waals surface area (Å²) in [4.78, 5) is 0. The van der Waals surface area contributed by atoms with Crippen LogP contribution in [0.5, 0.6) is 5.75 Å². The third-order valence-electron chi connectivity index (χ3n) is 2.45. The molecule has 2 N–H and O–H groups in total. The molecule has 0 aliphatic carbocycles. The van der Waals surface area contributed by atoms with Crippen molar-refractivity contribution in [3.63, 3.8) is 0 Å². The van der Waals surface area contributed by atoms with Crippen LogP contribution in [-0.4, -0.2) is 33.5 Å². The lowest BCUT2D eigenvalue weighted by molar-refractivity contribution is 0.00953. The van der Waals surface area contributed by atoms with Crippen LogP contribution in [0.4, 0.5) is 0 Å². The van der Waals surface area contributed by atoms with Gasteiger partial charge in [-0.3, -0.25) is 0 Å². The van der Waals surface area contributed by atoms with E-state index in [2.05, 4.69) is 0 Å². The first-order valence-corrected chi connectivity index (χ1v) is 5.85. The van der Waals surface area contributed by atoms with Gasteiger partial charge in [-0.15, -0.1) is 0 Å². The molecule has 0 aromatic heterocycles. The predicted molar refractivity (Wildman–Crippen MR) is 67.2 cm³/mol. The van der Waals surface area contributed by atoms with E-state index in [1.807, 2.05) is 31.2 Å². The van der Waals surface area contributed by atoms with Gasteiger partial charge in [-0.05, 0) is 13.0 Å². The first-order valence-electron chi connectivity index (χ1n) is 5.85. The van der Waals surface area contributed by atoms with E-state index in [-0.39, 0.29) is 6.10 Å². The summed E-state index contributed by atoms with van der Waals surface area (Å²) in [5.74, 6) is 0.805. The fraction of sp³-hybridized carbons (Fsp3) is 0.538. The Morgan fingerprint density at radius 2 is 2.00 bits per heavy atom. The minimum atomic E-state index is -0.147. The van der Waals surface area contributed by atoms with Crippen LogP contribution in [0.25, 0.3) is 0 Å². The van der Waals surface area contributed by atoms with Crippen molar-refractivity contribution in [2.75, 3.05) is 33.5 Å². The summed E-state index contributed by atoms with van der Waals surface area (Å²) < 4.78 is 16.2. The van der Waals surface area contributed by atoms with Crippen molar-refractivity contribution in [1.29, 1.82) is 0 Å². The number of rotatable bonds is 8. The first kappa shape index (κ1) is 14.0. The summed E-state index contributed by atoms with van der Waals surface area (Å²) in [5.41, 5.74) is 6.70. The molecule has 4 nitrogen and oxygen atoms in total. The zero-order valence-corrected chi connectivity index (χ0v) is 10.5. The lowest BCUT2D eigenvalue weighted by Gasteiger charge is -2.18. The fourth-order valence-electron chi connectivity index (χ4n) is 1.61. The molecule has 96 valence electrons. The predicted octanol–water partition coefficient (Wildman–Crippen LogP) is 1.75. The number of benzene rings is 1. The standard InChI is InChI=1S/C13H21NO3/c1-3-16-8-9-17-13(10-14)11-6-4-5-7-12(11)15-2/h4-7,13H,3,8-10,14H2,1-2H3. The molecule has 17 heavy (non-hydrogen) atoms. The van der Waals surface area contributed by atoms with Crippen molar-refractivity contribution in [3.8, 4) is 5.75 Å². The zero-order valence-electron chi connectivity index (χ0n) is 10.5. The van der Waals surface area contributed by atoms with Crippen LogP contribution in [0.15, 0.2) is 24.3 Å². The average molecular weight is 239 g/mol. The quantitative estimate of drug-likeness (QED) is 0.702. The molecule has 1 aromatic carbocycles. The van der Waals surface area contributed by atoms with Gasteiger partial charge in [0.05, 0.1) is 26.4 Å². The Balaban J connectivity index is 2.59. The van der Waals surface area contributed by atoms with E-state index in [4.69, 9.17) is 19.9 Å². The van der Waals surface area contributed by atoms with E-state index >= 15 is 0 Å². The first-order chi connectivity index (χ1) is 8.33. The second kappa shape index (κ2) is 8.06. The summed E-state index contributed by atoms with van der Waals surface area (Å²) in [6.07, 6.45) is -0.147. The molecule has 0 spiro atoms. The van der Waals surface area contributed by atoms with Crippen LogP contribution in [0, 0.1) is 0 Å². The molecule has 1 unspecified atom stereocenters. The van der Waals surface area contributed by atoms with Gasteiger partial charge in [0.25, 0.3) is 0 Å². The highest BCUT2D eigenvalue weighted by molar-refractivity contribution is 5.35. The SMILES string of the molecule is CCOCCOC(CN)c1ccccc1OC. The Kier molecular flexibility index (Phi) is 6.62. The van der Waals surface area contributed by atoms with Crippen LogP contribution in [0.1, 0.15) is 18.6 Å². The number of para-hydroxylation sites is 1. The second-order valence-corrected chi connectivity index (χ2v) is 3.53. The van der Waals surface area contributed by atoms with E-state index in [0.29, 0.717) is 26.4 Å². The molecule has 0 amide bonds. The third kappa shape index (κ3) is 4.34. The van der Waals surface area contributed by atoms with Crippen molar-refractivity contribution in [2.45, 2.75) is 13.0 Å². The smallest absolute Gasteiger partial charge is 0.124 e. The van der Waals surface area contributed by atoms with Gasteiger partial charge in [-0.25, -0.2) is 0 Å². The number of ether oxygens (including phenoxy) is 3. The minimum absolute atomic E-state index is 0.147. The van der Waals surface area contributed by atoms with Crippen LogP contribution in [0.3, 0.4) is 0 Å². The van der Waals surface area contributed by atoms with Gasteiger partial charge in [0.1, 0.15) is 5.75 Å². The van der Waals surface area contributed by atoms with Gasteiger partial charge < -0.3 is 19.9 Å². The van der Waals surface area contributed by atoms with Crippen LogP contribution in [-0.2, 0) is 9.47 Å². The summed E-state index contributed by atoms with van der Waals surface area (Å²) in [5, 5.41) is 0. The van der Waals surface area contributed by atoms with E-state index in [9.17, 15) is 0 Å². The van der Waals surface area contributed by atoms with Crippen molar-refractivity contribution in [3.05, 3.63) is 29.8 Å². The summed E-state index contributed by atoms with van der Waals surface area (Å²) >= 11 is 0. The van der Waals surface area contributed by atoms with E-state index < -0.39 is 0 Å². The summed E-state index contributed by atoms with van der Waals surface area (Å²) in [6.45, 7) is 4.20. The van der Waals surface area contributed by atoms with Crippen molar-refractivity contribution in [1.82, 2.24) is 0 Å². The molecule has 0 aliphatic rings. The highest BCUT2D eigenvalue weighted by Gasteiger charge is 2.14. The van der Waals surface area contributed by atoms with Gasteiger partial charge in [0.15, 0.2) is 0 Å². The van der Waals surface area contributed by atoms with E-state index in [1.165, 1.54) is 0 Å². The molecule has 0 fully saturated rings. The van der Waals surface area contributed by atoms with Gasteiger partial charge in [0.2, 0.25) is 0 Å². The molecule has 1 rings (SSSR count). The van der Waals surface area contributed by atoms with E-state index in [0.717, 1.165) is 11.3 Å². The number of methoxy groups -OCH3 is 1. The average Bonchev–Trinajstić information content (AvgIpc) is 2.39. The fourth-order valence-corrected chi connectivity index (χ4v) is 1.61. The molecule has 1 aromatic rings. The highest BCUT2D eigenvalue weighted by atomic mass is 16.5. The Labute approximate surface area is 103 Å². The normalized spacial score (nSPS) is 12.4. The van der Waals surface area contributed by atoms with Crippen molar-refractivity contribution in [2.24, 2.45) is 5.73 Å². The summed E-state index contributed by atoms with van der Waals surface area (Å²) in [6, 6.07) is 7.75. The lowest BCUT2D eigenvalue weighted by atomic mass is 10.1. The maximum Gasteiger partial charge on any atom is 0.124 e. The molecule has 0 aliphatic heterocycles. The molecule has 4 heteroatoms. The van der Waals surface area contributed by atoms with E-state index in [1.54, 1.807) is 7.11 Å². The molecule has 0 saturated carbocycles. The van der Waals surface area contributed by atoms with Gasteiger partial charge >= 0.3 is 0 Å². The molecule has 0 bridgehead atoms. The second-order valence-electron chi connectivity index (χ2n) is 3.53. The van der Waals surface area contributed by atoms with Crippen molar-refractivity contribution < 1.29 is 14.2 Å². The highest BCUT2D eigenvalue weighted by Crippen LogP contribution is 2.26. The van der Waals surface area contributed by atoms with Crippen molar-refractivity contribution >= 4 is 0 Å². The van der Waals surface area contributed by atoms with Gasteiger partial charge in [0, 0.05) is 18.7 Å². The third-order valence-corrected chi connectivity index (χ3v) is 2.45. The molecule has 0 radical (unpaired) electrons. The Hall–Kier alpha value is -1.10. The lowest BCUT2D eigenvalue weighted by Crippen LogP contribution is -2.18. The Bertz CT molecular complexity index is 317. The van der Waals surface area contributed by atoms with Crippen LogP contribution >= 0.6 is 0 Å². The summed E-state index contributed by atoms with van der Waals surface area (Å²) in [7, 11) is 1.65. The van der Waals surface area contributed by atoms with Gasteiger partial charge in [-0.2, -0.15) is 0 Å². The van der Waals surface area contributed by atoms with Crippen LogP contribution < -0.4 is 10.5 Å².